The van der Waals surface area contributed by atoms with Gasteiger partial charge in [0.05, 0.1) is 18.1 Å². The standard InChI is InChI=1S/C14H18N4O2S/c1-11-5-3-6-12(16-11)13-7-4-8-18(13)21(19,20)14-9-17(2)10-15-14/h3,5-6,9-10,13H,4,7-8H2,1-2H3/t13-/m1/s1. The van der Waals surface area contributed by atoms with Crippen LogP contribution in [0.15, 0.2) is 35.7 Å². The monoisotopic (exact) mass is 306 g/mol. The Morgan fingerprint density at radius 1 is 1.33 bits per heavy atom. The molecule has 21 heavy (non-hydrogen) atoms. The van der Waals surface area contributed by atoms with E-state index in [1.807, 2.05) is 25.1 Å². The Morgan fingerprint density at radius 2 is 2.14 bits per heavy atom. The van der Waals surface area contributed by atoms with Crippen LogP contribution in [-0.2, 0) is 17.1 Å². The molecule has 112 valence electrons. The van der Waals surface area contributed by atoms with E-state index in [-0.39, 0.29) is 11.1 Å². The minimum atomic E-state index is -3.57. The molecule has 0 radical (unpaired) electrons. The van der Waals surface area contributed by atoms with E-state index in [0.717, 1.165) is 24.2 Å². The second-order valence-corrected chi connectivity index (χ2v) is 7.19. The number of aryl methyl sites for hydroxylation is 2. The molecule has 0 N–H and O–H groups in total. The number of nitrogens with zero attached hydrogens (tertiary/aromatic N) is 4. The average molecular weight is 306 g/mol. The van der Waals surface area contributed by atoms with E-state index >= 15 is 0 Å². The lowest BCUT2D eigenvalue weighted by molar-refractivity contribution is 0.388. The van der Waals surface area contributed by atoms with Gasteiger partial charge in [-0.05, 0) is 31.9 Å². The van der Waals surface area contributed by atoms with Gasteiger partial charge in [-0.3, -0.25) is 4.98 Å². The summed E-state index contributed by atoms with van der Waals surface area (Å²) >= 11 is 0. The first-order valence-electron chi connectivity index (χ1n) is 6.92. The molecule has 0 bridgehead atoms. The van der Waals surface area contributed by atoms with Crippen molar-refractivity contribution in [2.75, 3.05) is 6.54 Å². The molecule has 6 nitrogen and oxygen atoms in total. The van der Waals surface area contributed by atoms with Crippen LogP contribution in [-0.4, -0.2) is 33.8 Å². The Kier molecular flexibility index (Phi) is 3.54. The Morgan fingerprint density at radius 3 is 2.81 bits per heavy atom. The second-order valence-electron chi connectivity index (χ2n) is 5.35. The predicted octanol–water partition coefficient (Wildman–Crippen LogP) is 1.65. The fourth-order valence-corrected chi connectivity index (χ4v) is 4.35. The van der Waals surface area contributed by atoms with E-state index in [9.17, 15) is 8.42 Å². The summed E-state index contributed by atoms with van der Waals surface area (Å²) in [4.78, 5) is 8.48. The Bertz CT molecular complexity index is 754. The van der Waals surface area contributed by atoms with Crippen molar-refractivity contribution >= 4 is 10.0 Å². The first-order valence-corrected chi connectivity index (χ1v) is 8.36. The molecule has 0 saturated carbocycles. The predicted molar refractivity (Wildman–Crippen MR) is 78.0 cm³/mol. The first kappa shape index (κ1) is 14.2. The van der Waals surface area contributed by atoms with Crippen LogP contribution in [0.1, 0.15) is 30.3 Å². The van der Waals surface area contributed by atoms with E-state index in [1.165, 1.54) is 16.8 Å². The summed E-state index contributed by atoms with van der Waals surface area (Å²) in [6.07, 6.45) is 4.67. The lowest BCUT2D eigenvalue weighted by atomic mass is 10.1. The molecule has 1 aliphatic rings. The zero-order valence-corrected chi connectivity index (χ0v) is 12.9. The highest BCUT2D eigenvalue weighted by atomic mass is 32.2. The molecule has 0 unspecified atom stereocenters. The van der Waals surface area contributed by atoms with Crippen molar-refractivity contribution in [3.63, 3.8) is 0 Å². The lowest BCUT2D eigenvalue weighted by Crippen LogP contribution is -2.31. The van der Waals surface area contributed by atoms with Crippen molar-refractivity contribution in [3.8, 4) is 0 Å². The van der Waals surface area contributed by atoms with Crippen molar-refractivity contribution in [1.29, 1.82) is 0 Å². The molecule has 0 aliphatic carbocycles. The highest BCUT2D eigenvalue weighted by Gasteiger charge is 2.38. The summed E-state index contributed by atoms with van der Waals surface area (Å²) in [7, 11) is -1.81. The van der Waals surface area contributed by atoms with Crippen molar-refractivity contribution < 1.29 is 8.42 Å². The number of hydrogen-bond acceptors (Lipinski definition) is 4. The molecular weight excluding hydrogens is 288 g/mol. The summed E-state index contributed by atoms with van der Waals surface area (Å²) < 4.78 is 28.6. The number of imidazole rings is 1. The van der Waals surface area contributed by atoms with E-state index in [0.29, 0.717) is 6.54 Å². The highest BCUT2D eigenvalue weighted by molar-refractivity contribution is 7.89. The molecule has 7 heteroatoms. The third-order valence-electron chi connectivity index (χ3n) is 3.71. The van der Waals surface area contributed by atoms with Crippen LogP contribution in [0.3, 0.4) is 0 Å². The minimum Gasteiger partial charge on any atom is -0.339 e. The molecule has 2 aromatic heterocycles. The number of sulfonamides is 1. The quantitative estimate of drug-likeness (QED) is 0.864. The van der Waals surface area contributed by atoms with Gasteiger partial charge in [-0.2, -0.15) is 4.31 Å². The van der Waals surface area contributed by atoms with Crippen molar-refractivity contribution in [1.82, 2.24) is 18.8 Å². The van der Waals surface area contributed by atoms with Gasteiger partial charge in [0.25, 0.3) is 10.0 Å². The largest absolute Gasteiger partial charge is 0.339 e. The molecule has 1 atom stereocenters. The second kappa shape index (κ2) is 5.23. The Labute approximate surface area is 124 Å². The Hall–Kier alpha value is -1.73. The van der Waals surface area contributed by atoms with Crippen LogP contribution < -0.4 is 0 Å². The molecule has 3 heterocycles. The zero-order chi connectivity index (χ0) is 15.0. The van der Waals surface area contributed by atoms with Crippen LogP contribution in [0.25, 0.3) is 0 Å². The van der Waals surface area contributed by atoms with Crippen LogP contribution in [0.5, 0.6) is 0 Å². The maximum Gasteiger partial charge on any atom is 0.262 e. The minimum absolute atomic E-state index is 0.101. The topological polar surface area (TPSA) is 68.1 Å². The summed E-state index contributed by atoms with van der Waals surface area (Å²) in [6.45, 7) is 2.43. The summed E-state index contributed by atoms with van der Waals surface area (Å²) in [5.41, 5.74) is 1.71. The van der Waals surface area contributed by atoms with Gasteiger partial charge >= 0.3 is 0 Å². The van der Waals surface area contributed by atoms with E-state index < -0.39 is 10.0 Å². The lowest BCUT2D eigenvalue weighted by Gasteiger charge is -2.22. The fourth-order valence-electron chi connectivity index (χ4n) is 2.72. The van der Waals surface area contributed by atoms with Crippen molar-refractivity contribution in [2.24, 2.45) is 7.05 Å². The van der Waals surface area contributed by atoms with Gasteiger partial charge in [0, 0.05) is 25.5 Å². The van der Waals surface area contributed by atoms with Crippen LogP contribution in [0.4, 0.5) is 0 Å². The SMILES string of the molecule is Cc1cccc([C@H]2CCCN2S(=O)(=O)c2cn(C)cn2)n1. The van der Waals surface area contributed by atoms with Crippen LogP contribution in [0.2, 0.25) is 0 Å². The fraction of sp³-hybridized carbons (Fsp3) is 0.429. The zero-order valence-electron chi connectivity index (χ0n) is 12.1. The number of hydrogen-bond donors (Lipinski definition) is 0. The average Bonchev–Trinajstić information content (AvgIpc) is 3.07. The van der Waals surface area contributed by atoms with Gasteiger partial charge in [-0.25, -0.2) is 13.4 Å². The summed E-state index contributed by atoms with van der Waals surface area (Å²) in [5.74, 6) is 0. The molecule has 1 fully saturated rings. The van der Waals surface area contributed by atoms with Crippen LogP contribution in [0, 0.1) is 6.92 Å². The summed E-state index contributed by atoms with van der Waals surface area (Å²) in [5, 5.41) is 0.101. The molecule has 0 amide bonds. The molecule has 1 aliphatic heterocycles. The number of pyridine rings is 1. The smallest absolute Gasteiger partial charge is 0.262 e. The third-order valence-corrected chi connectivity index (χ3v) is 5.50. The number of aromatic nitrogens is 3. The molecule has 0 spiro atoms. The Balaban J connectivity index is 1.97. The number of rotatable bonds is 3. The summed E-state index contributed by atoms with van der Waals surface area (Å²) in [6, 6.07) is 5.53. The maximum atomic E-state index is 12.7. The van der Waals surface area contributed by atoms with Crippen molar-refractivity contribution in [3.05, 3.63) is 42.1 Å². The third kappa shape index (κ3) is 2.58. The van der Waals surface area contributed by atoms with Gasteiger partial charge in [-0.15, -0.1) is 0 Å². The molecule has 0 aromatic carbocycles. The van der Waals surface area contributed by atoms with Gasteiger partial charge in [-0.1, -0.05) is 6.07 Å². The van der Waals surface area contributed by atoms with Gasteiger partial charge in [0.1, 0.15) is 0 Å². The van der Waals surface area contributed by atoms with Gasteiger partial charge in [0.2, 0.25) is 0 Å². The van der Waals surface area contributed by atoms with E-state index in [4.69, 9.17) is 0 Å². The van der Waals surface area contributed by atoms with Crippen molar-refractivity contribution in [2.45, 2.75) is 30.8 Å². The molecule has 2 aromatic rings. The first-order chi connectivity index (χ1) is 9.98. The maximum absolute atomic E-state index is 12.7. The van der Waals surface area contributed by atoms with Gasteiger partial charge < -0.3 is 4.57 Å². The van der Waals surface area contributed by atoms with E-state index in [1.54, 1.807) is 11.6 Å². The molecular formula is C14H18N4O2S. The normalized spacial score (nSPS) is 20.0. The molecule has 3 rings (SSSR count). The van der Waals surface area contributed by atoms with Gasteiger partial charge in [0.15, 0.2) is 5.03 Å². The molecule has 1 saturated heterocycles. The highest BCUT2D eigenvalue weighted by Crippen LogP contribution is 2.35. The van der Waals surface area contributed by atoms with Crippen LogP contribution >= 0.6 is 0 Å². The van der Waals surface area contributed by atoms with E-state index in [2.05, 4.69) is 9.97 Å².